The van der Waals surface area contributed by atoms with Crippen molar-refractivity contribution in [1.82, 2.24) is 0 Å². The van der Waals surface area contributed by atoms with Crippen molar-refractivity contribution in [3.05, 3.63) is 0 Å². The van der Waals surface area contributed by atoms with Crippen molar-refractivity contribution in [3.8, 4) is 0 Å². The van der Waals surface area contributed by atoms with Crippen LogP contribution in [0.25, 0.3) is 0 Å². The van der Waals surface area contributed by atoms with Crippen LogP contribution in [0.4, 0.5) is 0 Å². The van der Waals surface area contributed by atoms with Gasteiger partial charge in [0.05, 0.1) is 6.61 Å². The first-order chi connectivity index (χ1) is 7.06. The minimum atomic E-state index is -0.874. The molecule has 4 heteroatoms. The first kappa shape index (κ1) is 13.9. The SMILES string of the molecule is CCCCCOC(=O)CC(C)CC(=O)O. The lowest BCUT2D eigenvalue weighted by atomic mass is 10.0. The molecule has 0 fully saturated rings. The molecule has 1 N–H and O–H groups in total. The van der Waals surface area contributed by atoms with Crippen LogP contribution in [0, 0.1) is 5.92 Å². The van der Waals surface area contributed by atoms with Crippen LogP contribution in [-0.4, -0.2) is 23.7 Å². The fourth-order valence-corrected chi connectivity index (χ4v) is 1.25. The number of hydrogen-bond donors (Lipinski definition) is 1. The fourth-order valence-electron chi connectivity index (χ4n) is 1.25. The summed E-state index contributed by atoms with van der Waals surface area (Å²) in [5.74, 6) is -1.32. The number of esters is 1. The topological polar surface area (TPSA) is 63.6 Å². The number of carboxylic acids is 1. The zero-order valence-corrected chi connectivity index (χ0v) is 9.49. The van der Waals surface area contributed by atoms with Crippen LogP contribution in [0.1, 0.15) is 46.0 Å². The van der Waals surface area contributed by atoms with E-state index in [2.05, 4.69) is 6.92 Å². The van der Waals surface area contributed by atoms with Gasteiger partial charge in [0.15, 0.2) is 0 Å². The molecule has 0 aromatic rings. The molecule has 4 nitrogen and oxygen atoms in total. The van der Waals surface area contributed by atoms with E-state index in [-0.39, 0.29) is 24.7 Å². The summed E-state index contributed by atoms with van der Waals surface area (Å²) in [5.41, 5.74) is 0. The van der Waals surface area contributed by atoms with E-state index in [1.165, 1.54) is 0 Å². The Labute approximate surface area is 90.6 Å². The summed E-state index contributed by atoms with van der Waals surface area (Å²) in [6.07, 6.45) is 3.24. The Bertz CT molecular complexity index is 201. The lowest BCUT2D eigenvalue weighted by Crippen LogP contribution is -2.13. The molecular formula is C11H20O4. The molecule has 0 rings (SSSR count). The summed E-state index contributed by atoms with van der Waals surface area (Å²) in [7, 11) is 0. The van der Waals surface area contributed by atoms with Gasteiger partial charge in [0.2, 0.25) is 0 Å². The lowest BCUT2D eigenvalue weighted by Gasteiger charge is -2.08. The largest absolute Gasteiger partial charge is 0.481 e. The number of carbonyl (C=O) groups is 2. The number of unbranched alkanes of at least 4 members (excludes halogenated alkanes) is 2. The van der Waals surface area contributed by atoms with Gasteiger partial charge in [-0.1, -0.05) is 26.7 Å². The smallest absolute Gasteiger partial charge is 0.306 e. The van der Waals surface area contributed by atoms with E-state index >= 15 is 0 Å². The van der Waals surface area contributed by atoms with Crippen LogP contribution in [0.5, 0.6) is 0 Å². The van der Waals surface area contributed by atoms with Crippen LogP contribution in [-0.2, 0) is 14.3 Å². The first-order valence-corrected chi connectivity index (χ1v) is 5.43. The van der Waals surface area contributed by atoms with Crippen molar-refractivity contribution < 1.29 is 19.4 Å². The number of rotatable bonds is 8. The maximum absolute atomic E-state index is 11.2. The zero-order chi connectivity index (χ0) is 11.7. The fraction of sp³-hybridized carbons (Fsp3) is 0.818. The molecule has 0 heterocycles. The molecule has 0 aliphatic rings. The lowest BCUT2D eigenvalue weighted by molar-refractivity contribution is -0.145. The number of hydrogen-bond acceptors (Lipinski definition) is 3. The maximum atomic E-state index is 11.2. The van der Waals surface area contributed by atoms with Crippen molar-refractivity contribution in [2.45, 2.75) is 46.0 Å². The second kappa shape index (κ2) is 8.26. The molecule has 0 aromatic heterocycles. The van der Waals surface area contributed by atoms with Crippen LogP contribution >= 0.6 is 0 Å². The normalized spacial score (nSPS) is 12.1. The summed E-state index contributed by atoms with van der Waals surface area (Å²) in [6.45, 7) is 4.27. The molecule has 0 spiro atoms. The number of ether oxygens (including phenoxy) is 1. The summed E-state index contributed by atoms with van der Waals surface area (Å²) in [5, 5.41) is 8.49. The first-order valence-electron chi connectivity index (χ1n) is 5.43. The van der Waals surface area contributed by atoms with Crippen molar-refractivity contribution in [2.24, 2.45) is 5.92 Å². The molecule has 15 heavy (non-hydrogen) atoms. The minimum Gasteiger partial charge on any atom is -0.481 e. The monoisotopic (exact) mass is 216 g/mol. The van der Waals surface area contributed by atoms with Crippen LogP contribution < -0.4 is 0 Å². The molecular weight excluding hydrogens is 196 g/mol. The predicted molar refractivity (Wildman–Crippen MR) is 56.5 cm³/mol. The van der Waals surface area contributed by atoms with Crippen LogP contribution in [0.15, 0.2) is 0 Å². The van der Waals surface area contributed by atoms with E-state index in [0.717, 1.165) is 19.3 Å². The average molecular weight is 216 g/mol. The number of carboxylic acid groups (broad SMARTS) is 1. The zero-order valence-electron chi connectivity index (χ0n) is 9.49. The quantitative estimate of drug-likeness (QED) is 0.499. The Balaban J connectivity index is 3.51. The highest BCUT2D eigenvalue weighted by Crippen LogP contribution is 2.08. The van der Waals surface area contributed by atoms with Gasteiger partial charge in [0.25, 0.3) is 0 Å². The van der Waals surface area contributed by atoms with Gasteiger partial charge in [-0.05, 0) is 12.3 Å². The molecule has 0 saturated carbocycles. The van der Waals surface area contributed by atoms with E-state index in [1.54, 1.807) is 6.92 Å². The van der Waals surface area contributed by atoms with E-state index in [0.29, 0.717) is 6.61 Å². The highest BCUT2D eigenvalue weighted by atomic mass is 16.5. The molecule has 0 aliphatic carbocycles. The van der Waals surface area contributed by atoms with E-state index in [9.17, 15) is 9.59 Å². The third-order valence-corrected chi connectivity index (χ3v) is 2.05. The predicted octanol–water partition coefficient (Wildman–Crippen LogP) is 2.22. The Morgan fingerprint density at radius 1 is 1.27 bits per heavy atom. The van der Waals surface area contributed by atoms with Gasteiger partial charge in [0.1, 0.15) is 0 Å². The average Bonchev–Trinajstić information content (AvgIpc) is 2.10. The summed E-state index contributed by atoms with van der Waals surface area (Å²) < 4.78 is 4.96. The number of aliphatic carboxylic acids is 1. The van der Waals surface area contributed by atoms with Crippen LogP contribution in [0.3, 0.4) is 0 Å². The van der Waals surface area contributed by atoms with Gasteiger partial charge in [-0.25, -0.2) is 0 Å². The van der Waals surface area contributed by atoms with Crippen molar-refractivity contribution in [2.75, 3.05) is 6.61 Å². The molecule has 0 radical (unpaired) electrons. The Kier molecular flexibility index (Phi) is 7.68. The minimum absolute atomic E-state index is 0.0179. The molecule has 0 saturated heterocycles. The van der Waals surface area contributed by atoms with Crippen LogP contribution in [0.2, 0.25) is 0 Å². The van der Waals surface area contributed by atoms with Crippen molar-refractivity contribution in [3.63, 3.8) is 0 Å². The third-order valence-electron chi connectivity index (χ3n) is 2.05. The highest BCUT2D eigenvalue weighted by Gasteiger charge is 2.13. The summed E-state index contributed by atoms with van der Waals surface area (Å²) in [4.78, 5) is 21.5. The van der Waals surface area contributed by atoms with E-state index in [4.69, 9.17) is 9.84 Å². The number of carbonyl (C=O) groups excluding carboxylic acids is 1. The Morgan fingerprint density at radius 3 is 2.47 bits per heavy atom. The summed E-state index contributed by atoms with van der Waals surface area (Å²) in [6, 6.07) is 0. The van der Waals surface area contributed by atoms with Crippen molar-refractivity contribution >= 4 is 11.9 Å². The molecule has 0 aromatic carbocycles. The van der Waals surface area contributed by atoms with E-state index in [1.807, 2.05) is 0 Å². The van der Waals surface area contributed by atoms with Gasteiger partial charge in [-0.3, -0.25) is 9.59 Å². The molecule has 1 atom stereocenters. The Morgan fingerprint density at radius 2 is 1.93 bits per heavy atom. The second-order valence-corrected chi connectivity index (χ2v) is 3.83. The second-order valence-electron chi connectivity index (χ2n) is 3.83. The molecule has 1 unspecified atom stereocenters. The van der Waals surface area contributed by atoms with Gasteiger partial charge < -0.3 is 9.84 Å². The maximum Gasteiger partial charge on any atom is 0.306 e. The molecule has 88 valence electrons. The van der Waals surface area contributed by atoms with Crippen molar-refractivity contribution in [1.29, 1.82) is 0 Å². The molecule has 0 bridgehead atoms. The van der Waals surface area contributed by atoms with Gasteiger partial charge >= 0.3 is 11.9 Å². The van der Waals surface area contributed by atoms with Gasteiger partial charge in [-0.2, -0.15) is 0 Å². The third kappa shape index (κ3) is 9.25. The molecule has 0 aliphatic heterocycles. The standard InChI is InChI=1S/C11H20O4/c1-3-4-5-6-15-11(14)8-9(2)7-10(12)13/h9H,3-8H2,1-2H3,(H,12,13). The van der Waals surface area contributed by atoms with Gasteiger partial charge in [0, 0.05) is 12.8 Å². The molecule has 0 amide bonds. The van der Waals surface area contributed by atoms with E-state index < -0.39 is 5.97 Å². The Hall–Kier alpha value is -1.06. The highest BCUT2D eigenvalue weighted by molar-refractivity contribution is 5.72. The summed E-state index contributed by atoms with van der Waals surface area (Å²) >= 11 is 0. The van der Waals surface area contributed by atoms with Gasteiger partial charge in [-0.15, -0.1) is 0 Å².